The molecule has 0 amide bonds. The first kappa shape index (κ1) is 13.6. The molecule has 69 valence electrons. The minimum atomic E-state index is -3.11. The molecule has 0 fully saturated rings. The van der Waals surface area contributed by atoms with Crippen LogP contribution in [-0.2, 0) is 0 Å². The van der Waals surface area contributed by atoms with Gasteiger partial charge in [-0.25, -0.2) is 4.39 Å². The SMILES string of the molecule is FC(F)=C(F)C(F)=C(F)F.[C]F. The lowest BCUT2D eigenvalue weighted by atomic mass is 10.5. The second kappa shape index (κ2) is 6.68. The van der Waals surface area contributed by atoms with Gasteiger partial charge in [-0.15, -0.1) is 0 Å². The average Bonchev–Trinajstić information content (AvgIpc) is 2.05. The summed E-state index contributed by atoms with van der Waals surface area (Å²) < 4.78 is 75.3. The van der Waals surface area contributed by atoms with E-state index in [-0.39, 0.29) is 0 Å². The molecule has 0 spiro atoms. The van der Waals surface area contributed by atoms with Crippen LogP contribution in [-0.4, -0.2) is 0 Å². The molecule has 7 heteroatoms. The summed E-state index contributed by atoms with van der Waals surface area (Å²) in [5, 5.41) is 0. The number of halogens is 7. The predicted molar refractivity (Wildman–Crippen MR) is 25.1 cm³/mol. The fourth-order valence-electron chi connectivity index (χ4n) is 0.166. The fraction of sp³-hybridized carbons (Fsp3) is 0. The maximum atomic E-state index is 11.4. The maximum absolute atomic E-state index is 11.4. The zero-order valence-electron chi connectivity index (χ0n) is 5.15. The molecule has 0 unspecified atom stereocenters. The molecule has 0 saturated carbocycles. The summed E-state index contributed by atoms with van der Waals surface area (Å²) in [6, 6.07) is 0. The van der Waals surface area contributed by atoms with Crippen LogP contribution in [0.5, 0.6) is 0 Å². The molecule has 0 atom stereocenters. The molecule has 0 N–H and O–H groups in total. The smallest absolute Gasteiger partial charge is 0.232 e. The average molecular weight is 193 g/mol. The second-order valence-corrected chi connectivity index (χ2v) is 1.15. The van der Waals surface area contributed by atoms with Crippen LogP contribution in [0, 0.1) is 7.18 Å². The van der Waals surface area contributed by atoms with Gasteiger partial charge in [-0.1, -0.05) is 0 Å². The van der Waals surface area contributed by atoms with Crippen molar-refractivity contribution >= 4 is 0 Å². The summed E-state index contributed by atoms with van der Waals surface area (Å²) in [5.74, 6) is -5.64. The molecule has 0 aliphatic heterocycles. The van der Waals surface area contributed by atoms with E-state index in [1.165, 1.54) is 0 Å². The van der Waals surface area contributed by atoms with Crippen LogP contribution in [0.25, 0.3) is 0 Å². The first-order valence-corrected chi connectivity index (χ1v) is 2.07. The molecule has 3 radical (unpaired) electrons. The van der Waals surface area contributed by atoms with Crippen molar-refractivity contribution in [2.24, 2.45) is 0 Å². The summed E-state index contributed by atoms with van der Waals surface area (Å²) in [6.45, 7) is 0. The van der Waals surface area contributed by atoms with Gasteiger partial charge < -0.3 is 0 Å². The lowest BCUT2D eigenvalue weighted by Crippen LogP contribution is -1.78. The maximum Gasteiger partial charge on any atom is 0.308 e. The van der Waals surface area contributed by atoms with Crippen molar-refractivity contribution < 1.29 is 30.7 Å². The minimum Gasteiger partial charge on any atom is -0.232 e. The van der Waals surface area contributed by atoms with Gasteiger partial charge >= 0.3 is 12.2 Å². The van der Waals surface area contributed by atoms with Crippen molar-refractivity contribution in [2.75, 3.05) is 0 Å². The Balaban J connectivity index is 0. The van der Waals surface area contributed by atoms with E-state index < -0.39 is 23.8 Å². The zero-order valence-corrected chi connectivity index (χ0v) is 5.15. The summed E-state index contributed by atoms with van der Waals surface area (Å²) in [7, 11) is 4.25. The van der Waals surface area contributed by atoms with Crippen LogP contribution < -0.4 is 0 Å². The fourth-order valence-corrected chi connectivity index (χ4v) is 0.166. The van der Waals surface area contributed by atoms with Crippen molar-refractivity contribution in [3.05, 3.63) is 31.0 Å². The summed E-state index contributed by atoms with van der Waals surface area (Å²) in [6.07, 6.45) is -6.21. The van der Waals surface area contributed by atoms with Gasteiger partial charge in [0.15, 0.2) is 0 Å². The van der Waals surface area contributed by atoms with Gasteiger partial charge in [0, 0.05) is 0 Å². The van der Waals surface area contributed by atoms with Crippen LogP contribution in [0.3, 0.4) is 0 Å². The van der Waals surface area contributed by atoms with Gasteiger partial charge in [-0.3, -0.25) is 0 Å². The van der Waals surface area contributed by atoms with Gasteiger partial charge in [-0.05, 0) is 0 Å². The second-order valence-electron chi connectivity index (χ2n) is 1.15. The van der Waals surface area contributed by atoms with Crippen molar-refractivity contribution in [3.8, 4) is 0 Å². The van der Waals surface area contributed by atoms with Gasteiger partial charge in [-0.2, -0.15) is 26.3 Å². The number of rotatable bonds is 1. The number of hydrogen-bond donors (Lipinski definition) is 0. The van der Waals surface area contributed by atoms with Gasteiger partial charge in [0.1, 0.15) is 0 Å². The minimum absolute atomic E-state index is 2.82. The molecule has 0 aromatic heterocycles. The largest absolute Gasteiger partial charge is 0.308 e. The molecule has 0 nitrogen and oxygen atoms in total. The van der Waals surface area contributed by atoms with Gasteiger partial charge in [0.25, 0.3) is 0 Å². The van der Waals surface area contributed by atoms with E-state index in [9.17, 15) is 26.3 Å². The Bertz CT molecular complexity index is 162. The van der Waals surface area contributed by atoms with Crippen molar-refractivity contribution in [1.29, 1.82) is 0 Å². The van der Waals surface area contributed by atoms with E-state index in [0.29, 0.717) is 0 Å². The quantitative estimate of drug-likeness (QED) is 0.440. The van der Waals surface area contributed by atoms with E-state index in [1.807, 2.05) is 0 Å². The first-order valence-electron chi connectivity index (χ1n) is 2.07. The molecular formula is C5F7. The molecule has 0 aromatic rings. The van der Waals surface area contributed by atoms with Crippen molar-refractivity contribution in [2.45, 2.75) is 0 Å². The highest BCUT2D eigenvalue weighted by Crippen LogP contribution is 2.23. The highest BCUT2D eigenvalue weighted by Gasteiger charge is 2.16. The highest BCUT2D eigenvalue weighted by molar-refractivity contribution is 5.19. The Morgan fingerprint density at radius 3 is 0.833 bits per heavy atom. The Labute approximate surface area is 63.0 Å². The Morgan fingerprint density at radius 2 is 0.750 bits per heavy atom. The van der Waals surface area contributed by atoms with Crippen molar-refractivity contribution in [3.63, 3.8) is 0 Å². The van der Waals surface area contributed by atoms with E-state index in [1.54, 1.807) is 0 Å². The van der Waals surface area contributed by atoms with E-state index in [0.717, 1.165) is 0 Å². The third-order valence-electron chi connectivity index (χ3n) is 0.525. The summed E-state index contributed by atoms with van der Waals surface area (Å²) >= 11 is 0. The topological polar surface area (TPSA) is 0 Å². The molecule has 0 heterocycles. The monoisotopic (exact) mass is 193 g/mol. The Kier molecular flexibility index (Phi) is 7.56. The predicted octanol–water partition coefficient (Wildman–Crippen LogP) is 3.64. The van der Waals surface area contributed by atoms with Crippen LogP contribution >= 0.6 is 0 Å². The molecule has 0 aromatic carbocycles. The van der Waals surface area contributed by atoms with Crippen molar-refractivity contribution in [1.82, 2.24) is 0 Å². The van der Waals surface area contributed by atoms with Gasteiger partial charge in [0.2, 0.25) is 18.8 Å². The van der Waals surface area contributed by atoms with Crippen LogP contribution in [0.15, 0.2) is 23.8 Å². The summed E-state index contributed by atoms with van der Waals surface area (Å²) in [5.41, 5.74) is 0. The molecule has 0 saturated heterocycles. The third-order valence-corrected chi connectivity index (χ3v) is 0.525. The molecular weight excluding hydrogens is 193 g/mol. The molecule has 0 aliphatic rings. The Hall–Kier alpha value is -1.01. The number of hydrogen-bond acceptors (Lipinski definition) is 0. The molecule has 0 rings (SSSR count). The highest BCUT2D eigenvalue weighted by atomic mass is 19.3. The van der Waals surface area contributed by atoms with E-state index in [2.05, 4.69) is 7.18 Å². The van der Waals surface area contributed by atoms with Gasteiger partial charge in [0.05, 0.1) is 0 Å². The standard InChI is InChI=1S/C4F6.CF/c5-1(3(7)8)2(6)4(9)10;1-2. The number of allylic oxidation sites excluding steroid dienone is 2. The molecule has 12 heavy (non-hydrogen) atoms. The summed E-state index contributed by atoms with van der Waals surface area (Å²) in [4.78, 5) is 0. The van der Waals surface area contributed by atoms with Crippen LogP contribution in [0.4, 0.5) is 30.7 Å². The Morgan fingerprint density at radius 1 is 0.583 bits per heavy atom. The zero-order chi connectivity index (χ0) is 10.3. The van der Waals surface area contributed by atoms with E-state index >= 15 is 0 Å². The normalized spacial score (nSPS) is 8.00. The van der Waals surface area contributed by atoms with Crippen LogP contribution in [0.2, 0.25) is 0 Å². The van der Waals surface area contributed by atoms with E-state index in [4.69, 9.17) is 4.39 Å². The molecule has 0 aliphatic carbocycles. The van der Waals surface area contributed by atoms with Crippen LogP contribution in [0.1, 0.15) is 0 Å². The third kappa shape index (κ3) is 4.75. The lowest BCUT2D eigenvalue weighted by Gasteiger charge is -1.87. The molecule has 0 bridgehead atoms. The first-order chi connectivity index (χ1) is 5.46. The lowest BCUT2D eigenvalue weighted by molar-refractivity contribution is 0.340.